The Hall–Kier alpha value is -3.11. The van der Waals surface area contributed by atoms with Crippen LogP contribution in [0.5, 0.6) is 0 Å². The molecule has 0 aliphatic carbocycles. The fourth-order valence-electron chi connectivity index (χ4n) is 3.14. The number of hydrogen-bond donors (Lipinski definition) is 3. The monoisotopic (exact) mass is 428 g/mol. The summed E-state index contributed by atoms with van der Waals surface area (Å²) >= 11 is 2.62. The number of carboxylic acid groups (broad SMARTS) is 1. The third-order valence-electron chi connectivity index (χ3n) is 4.51. The Bertz CT molecular complexity index is 1050. The predicted molar refractivity (Wildman–Crippen MR) is 112 cm³/mol. The van der Waals surface area contributed by atoms with Crippen LogP contribution in [0.1, 0.15) is 11.3 Å². The van der Waals surface area contributed by atoms with E-state index in [9.17, 15) is 19.5 Å². The lowest BCUT2D eigenvalue weighted by Crippen LogP contribution is -2.70. The third kappa shape index (κ3) is 3.64. The molecular weight excluding hydrogens is 412 g/mol. The SMILES string of the molecule is Nc1nc(/C(=C/c2ccccc2)C(=O)NC2C(=O)N3C(C(=O)O)=CCSC23)cs1. The number of nitrogen functional groups attached to an aromatic ring is 1. The number of thioether (sulfide) groups is 1. The van der Waals surface area contributed by atoms with Crippen molar-refractivity contribution in [2.24, 2.45) is 0 Å². The highest BCUT2D eigenvalue weighted by Crippen LogP contribution is 2.37. The van der Waals surface area contributed by atoms with E-state index in [-0.39, 0.29) is 11.3 Å². The van der Waals surface area contributed by atoms with Crippen LogP contribution in [0.25, 0.3) is 11.6 Å². The van der Waals surface area contributed by atoms with Gasteiger partial charge in [0.15, 0.2) is 5.13 Å². The van der Waals surface area contributed by atoms with Gasteiger partial charge in [0.2, 0.25) is 0 Å². The first-order valence-electron chi connectivity index (χ1n) is 8.63. The van der Waals surface area contributed by atoms with E-state index in [1.54, 1.807) is 11.5 Å². The van der Waals surface area contributed by atoms with Gasteiger partial charge in [-0.25, -0.2) is 9.78 Å². The Balaban J connectivity index is 1.58. The lowest BCUT2D eigenvalue weighted by molar-refractivity contribution is -0.150. The maximum Gasteiger partial charge on any atom is 0.352 e. The number of anilines is 1. The van der Waals surface area contributed by atoms with Crippen molar-refractivity contribution >= 4 is 57.7 Å². The van der Waals surface area contributed by atoms with E-state index in [1.807, 2.05) is 30.3 Å². The van der Waals surface area contributed by atoms with Crippen LogP contribution in [0.2, 0.25) is 0 Å². The summed E-state index contributed by atoms with van der Waals surface area (Å²) < 4.78 is 0. The van der Waals surface area contributed by atoms with Crippen LogP contribution < -0.4 is 11.1 Å². The van der Waals surface area contributed by atoms with E-state index < -0.39 is 29.2 Å². The first-order chi connectivity index (χ1) is 14.0. The number of thiazole rings is 1. The Morgan fingerprint density at radius 2 is 2.07 bits per heavy atom. The van der Waals surface area contributed by atoms with Gasteiger partial charge in [-0.15, -0.1) is 23.1 Å². The molecule has 0 saturated carbocycles. The van der Waals surface area contributed by atoms with Crippen molar-refractivity contribution < 1.29 is 19.5 Å². The van der Waals surface area contributed by atoms with Crippen molar-refractivity contribution in [1.29, 1.82) is 0 Å². The summed E-state index contributed by atoms with van der Waals surface area (Å²) in [6, 6.07) is 8.46. The fourth-order valence-corrected chi connectivity index (χ4v) is 4.90. The molecule has 10 heteroatoms. The number of amides is 2. The molecule has 2 aliphatic rings. The maximum atomic E-state index is 13.0. The number of carboxylic acids is 1. The number of benzene rings is 1. The molecule has 1 fully saturated rings. The van der Waals surface area contributed by atoms with Gasteiger partial charge in [-0.1, -0.05) is 30.3 Å². The summed E-state index contributed by atoms with van der Waals surface area (Å²) in [4.78, 5) is 42.3. The zero-order chi connectivity index (χ0) is 20.5. The Kier molecular flexibility index (Phi) is 5.12. The molecule has 1 aromatic heterocycles. The zero-order valence-electron chi connectivity index (χ0n) is 14.9. The number of carbonyl (C=O) groups is 3. The molecule has 0 spiro atoms. The van der Waals surface area contributed by atoms with E-state index in [1.165, 1.54) is 34.1 Å². The van der Waals surface area contributed by atoms with Gasteiger partial charge in [0, 0.05) is 11.1 Å². The summed E-state index contributed by atoms with van der Waals surface area (Å²) in [5.41, 5.74) is 7.18. The fraction of sp³-hybridized carbons (Fsp3) is 0.158. The number of nitrogens with two attached hydrogens (primary N) is 1. The van der Waals surface area contributed by atoms with Crippen molar-refractivity contribution in [1.82, 2.24) is 15.2 Å². The molecule has 3 heterocycles. The smallest absolute Gasteiger partial charge is 0.352 e. The van der Waals surface area contributed by atoms with Crippen molar-refractivity contribution in [2.75, 3.05) is 11.5 Å². The molecule has 0 bridgehead atoms. The molecular formula is C19H16N4O4S2. The summed E-state index contributed by atoms with van der Waals surface area (Å²) in [6.07, 6.45) is 3.18. The minimum Gasteiger partial charge on any atom is -0.477 e. The first kappa shape index (κ1) is 19.2. The quantitative estimate of drug-likeness (QED) is 0.488. The molecule has 2 aliphatic heterocycles. The Labute approximate surface area is 174 Å². The number of nitrogens with zero attached hydrogens (tertiary/aromatic N) is 2. The average molecular weight is 428 g/mol. The average Bonchev–Trinajstić information content (AvgIpc) is 3.15. The highest BCUT2D eigenvalue weighted by molar-refractivity contribution is 8.00. The van der Waals surface area contributed by atoms with Crippen LogP contribution in [0.4, 0.5) is 5.13 Å². The molecule has 2 unspecified atom stereocenters. The van der Waals surface area contributed by atoms with Gasteiger partial charge in [-0.3, -0.25) is 14.5 Å². The van der Waals surface area contributed by atoms with Crippen molar-refractivity contribution in [2.45, 2.75) is 11.4 Å². The predicted octanol–water partition coefficient (Wildman–Crippen LogP) is 1.63. The van der Waals surface area contributed by atoms with Gasteiger partial charge in [0.25, 0.3) is 11.8 Å². The molecule has 1 aromatic carbocycles. The molecule has 29 heavy (non-hydrogen) atoms. The second kappa shape index (κ2) is 7.72. The van der Waals surface area contributed by atoms with Crippen LogP contribution in [-0.4, -0.2) is 49.9 Å². The second-order valence-corrected chi connectivity index (χ2v) is 8.36. The summed E-state index contributed by atoms with van der Waals surface area (Å²) in [5.74, 6) is -1.61. The molecule has 148 valence electrons. The van der Waals surface area contributed by atoms with E-state index in [0.717, 1.165) is 5.56 Å². The lowest BCUT2D eigenvalue weighted by Gasteiger charge is -2.48. The van der Waals surface area contributed by atoms with Crippen LogP contribution in [0.3, 0.4) is 0 Å². The lowest BCUT2D eigenvalue weighted by atomic mass is 10.0. The molecule has 2 amide bonds. The van der Waals surface area contributed by atoms with E-state index in [0.29, 0.717) is 16.6 Å². The number of β-lactam (4-membered cyclic amide) rings is 1. The van der Waals surface area contributed by atoms with Crippen LogP contribution >= 0.6 is 23.1 Å². The van der Waals surface area contributed by atoms with Crippen molar-refractivity contribution in [3.63, 3.8) is 0 Å². The summed E-state index contributed by atoms with van der Waals surface area (Å²) in [7, 11) is 0. The van der Waals surface area contributed by atoms with Gasteiger partial charge in [-0.2, -0.15) is 0 Å². The van der Waals surface area contributed by atoms with E-state index in [4.69, 9.17) is 5.73 Å². The van der Waals surface area contributed by atoms with E-state index >= 15 is 0 Å². The normalized spacial score (nSPS) is 21.1. The standard InChI is InChI=1S/C19H16N4O4S2/c20-19-21-12(9-29-19)11(8-10-4-2-1-3-5-10)15(24)22-14-16(25)23-13(18(26)27)6-7-28-17(14)23/h1-6,8-9,14,17H,7H2,(H2,20,21)(H,22,24)(H,26,27)/b11-8-. The molecule has 0 radical (unpaired) electrons. The number of aliphatic carboxylic acids is 1. The summed E-state index contributed by atoms with van der Waals surface area (Å²) in [6.45, 7) is 0. The highest BCUT2D eigenvalue weighted by Gasteiger charge is 2.52. The van der Waals surface area contributed by atoms with E-state index in [2.05, 4.69) is 10.3 Å². The van der Waals surface area contributed by atoms with Crippen molar-refractivity contribution in [3.8, 4) is 0 Å². The minimum atomic E-state index is -1.16. The zero-order valence-corrected chi connectivity index (χ0v) is 16.6. The van der Waals surface area contributed by atoms with Crippen LogP contribution in [-0.2, 0) is 14.4 Å². The highest BCUT2D eigenvalue weighted by atomic mass is 32.2. The number of carbonyl (C=O) groups excluding carboxylic acids is 2. The number of rotatable bonds is 5. The minimum absolute atomic E-state index is 0.0448. The molecule has 2 atom stereocenters. The first-order valence-corrected chi connectivity index (χ1v) is 10.6. The van der Waals surface area contributed by atoms with Gasteiger partial charge >= 0.3 is 5.97 Å². The van der Waals surface area contributed by atoms with Crippen LogP contribution in [0.15, 0.2) is 47.5 Å². The van der Waals surface area contributed by atoms with Gasteiger partial charge in [0.05, 0.1) is 11.3 Å². The van der Waals surface area contributed by atoms with Crippen molar-refractivity contribution in [3.05, 3.63) is 58.7 Å². The summed E-state index contributed by atoms with van der Waals surface area (Å²) in [5, 5.41) is 13.6. The van der Waals surface area contributed by atoms with Gasteiger partial charge in [-0.05, 0) is 17.7 Å². The molecule has 4 rings (SSSR count). The largest absolute Gasteiger partial charge is 0.477 e. The number of aromatic nitrogens is 1. The molecule has 8 nitrogen and oxygen atoms in total. The number of fused-ring (bicyclic) bond motifs is 1. The Morgan fingerprint density at radius 3 is 2.72 bits per heavy atom. The third-order valence-corrected chi connectivity index (χ3v) is 6.36. The van der Waals surface area contributed by atoms with Crippen LogP contribution in [0, 0.1) is 0 Å². The van der Waals surface area contributed by atoms with Gasteiger partial charge in [0.1, 0.15) is 17.1 Å². The number of nitrogens with one attached hydrogen (secondary N) is 1. The Morgan fingerprint density at radius 1 is 1.31 bits per heavy atom. The number of hydrogen-bond acceptors (Lipinski definition) is 7. The topological polar surface area (TPSA) is 126 Å². The molecule has 2 aromatic rings. The second-order valence-electron chi connectivity index (χ2n) is 6.32. The molecule has 1 saturated heterocycles. The maximum absolute atomic E-state index is 13.0. The molecule has 4 N–H and O–H groups in total. The van der Waals surface area contributed by atoms with Gasteiger partial charge < -0.3 is 16.2 Å².